The third-order valence-corrected chi connectivity index (χ3v) is 11.1. The molecule has 4 aromatic carbocycles. The molecule has 5 heteroatoms. The van der Waals surface area contributed by atoms with Gasteiger partial charge >= 0.3 is 0 Å². The highest BCUT2D eigenvalue weighted by atomic mass is 32.3. The Kier molecular flexibility index (Phi) is 6.35. The molecule has 0 aliphatic heterocycles. The van der Waals surface area contributed by atoms with E-state index in [1.54, 1.807) is 0 Å². The summed E-state index contributed by atoms with van der Waals surface area (Å²) in [7, 11) is -3.83. The van der Waals surface area contributed by atoms with E-state index in [0.29, 0.717) is 8.42 Å². The third-order valence-electron chi connectivity index (χ3n) is 6.30. The Morgan fingerprint density at radius 2 is 0.703 bits per heavy atom. The lowest BCUT2D eigenvalue weighted by atomic mass is 9.99. The third kappa shape index (κ3) is 4.36. The Balaban J connectivity index is 1.61. The average molecular weight is 535 g/mol. The largest absolute Gasteiger partial charge is 0.226 e. The van der Waals surface area contributed by atoms with Gasteiger partial charge in [0.15, 0.2) is 0 Å². The van der Waals surface area contributed by atoms with Gasteiger partial charge in [-0.2, -0.15) is 0 Å². The lowest BCUT2D eigenvalue weighted by Crippen LogP contribution is -2.02. The maximum absolute atomic E-state index is 14.5. The Labute approximate surface area is 225 Å². The SMILES string of the molecule is O=S(=O)(c1scc(-c2ccccc2)c1-c1ccccc1)c1scc(-c2ccccc2)c1-c1ccccc1. The summed E-state index contributed by atoms with van der Waals surface area (Å²) >= 11 is 2.59. The van der Waals surface area contributed by atoms with Gasteiger partial charge in [-0.1, -0.05) is 121 Å². The minimum absolute atomic E-state index is 0.371. The second-order valence-corrected chi connectivity index (χ2v) is 12.7. The van der Waals surface area contributed by atoms with E-state index in [4.69, 9.17) is 0 Å². The normalized spacial score (nSPS) is 11.5. The van der Waals surface area contributed by atoms with Crippen LogP contribution in [0.25, 0.3) is 44.5 Å². The predicted octanol–water partition coefficient (Wildman–Crippen LogP) is 9.31. The Morgan fingerprint density at radius 3 is 1.03 bits per heavy atom. The van der Waals surface area contributed by atoms with Gasteiger partial charge in [0, 0.05) is 33.0 Å². The van der Waals surface area contributed by atoms with Gasteiger partial charge < -0.3 is 0 Å². The van der Waals surface area contributed by atoms with Crippen LogP contribution in [0, 0.1) is 0 Å². The van der Waals surface area contributed by atoms with Crippen molar-refractivity contribution in [3.63, 3.8) is 0 Å². The van der Waals surface area contributed by atoms with E-state index in [1.165, 1.54) is 22.7 Å². The van der Waals surface area contributed by atoms with Crippen LogP contribution in [0.3, 0.4) is 0 Å². The Hall–Kier alpha value is -3.77. The average Bonchev–Trinajstić information content (AvgIpc) is 3.61. The minimum atomic E-state index is -3.83. The molecule has 180 valence electrons. The highest BCUT2D eigenvalue weighted by Crippen LogP contribution is 2.49. The Bertz CT molecular complexity index is 1620. The number of sulfone groups is 1. The number of thiophene rings is 2. The highest BCUT2D eigenvalue weighted by Gasteiger charge is 2.32. The van der Waals surface area contributed by atoms with Crippen molar-refractivity contribution in [3.05, 3.63) is 132 Å². The molecule has 0 unspecified atom stereocenters. The molecule has 6 aromatic rings. The summed E-state index contributed by atoms with van der Waals surface area (Å²) < 4.78 is 29.8. The molecule has 0 N–H and O–H groups in total. The van der Waals surface area contributed by atoms with E-state index < -0.39 is 9.84 Å². The van der Waals surface area contributed by atoms with Crippen LogP contribution in [-0.4, -0.2) is 8.42 Å². The van der Waals surface area contributed by atoms with E-state index in [9.17, 15) is 8.42 Å². The van der Waals surface area contributed by atoms with E-state index in [-0.39, 0.29) is 0 Å². The monoisotopic (exact) mass is 534 g/mol. The van der Waals surface area contributed by atoms with Crippen LogP contribution < -0.4 is 0 Å². The van der Waals surface area contributed by atoms with Crippen LogP contribution in [0.4, 0.5) is 0 Å². The van der Waals surface area contributed by atoms with Crippen molar-refractivity contribution in [2.45, 2.75) is 8.42 Å². The van der Waals surface area contributed by atoms with Gasteiger partial charge in [-0.3, -0.25) is 0 Å². The Morgan fingerprint density at radius 1 is 0.405 bits per heavy atom. The maximum atomic E-state index is 14.5. The van der Waals surface area contributed by atoms with Gasteiger partial charge in [0.2, 0.25) is 9.84 Å². The molecule has 0 atom stereocenters. The van der Waals surface area contributed by atoms with E-state index in [1.807, 2.05) is 132 Å². The molecule has 0 saturated carbocycles. The predicted molar refractivity (Wildman–Crippen MR) is 156 cm³/mol. The first-order chi connectivity index (χ1) is 18.1. The quantitative estimate of drug-likeness (QED) is 0.213. The van der Waals surface area contributed by atoms with Gasteiger partial charge in [-0.25, -0.2) is 8.42 Å². The second-order valence-electron chi connectivity index (χ2n) is 8.59. The number of rotatable bonds is 6. The first-order valence-corrected chi connectivity index (χ1v) is 15.1. The van der Waals surface area contributed by atoms with Crippen molar-refractivity contribution >= 4 is 32.5 Å². The summed E-state index contributed by atoms with van der Waals surface area (Å²) in [5.41, 5.74) is 7.14. The van der Waals surface area contributed by atoms with Crippen LogP contribution in [0.5, 0.6) is 0 Å². The van der Waals surface area contributed by atoms with Crippen LogP contribution >= 0.6 is 22.7 Å². The summed E-state index contributed by atoms with van der Waals surface area (Å²) in [6.07, 6.45) is 0. The van der Waals surface area contributed by atoms with Crippen molar-refractivity contribution < 1.29 is 8.42 Å². The van der Waals surface area contributed by atoms with Gasteiger partial charge in [0.1, 0.15) is 8.42 Å². The minimum Gasteiger partial charge on any atom is -0.217 e. The molecule has 0 radical (unpaired) electrons. The zero-order valence-electron chi connectivity index (χ0n) is 19.7. The fourth-order valence-corrected chi connectivity index (χ4v) is 9.35. The fraction of sp³-hybridized carbons (Fsp3) is 0. The molecule has 2 aromatic heterocycles. The standard InChI is InChI=1S/C32H22O2S3/c33-37(34,31-29(25-17-9-3-10-18-25)27(21-35-31)23-13-5-1-6-14-23)32-30(26-19-11-4-12-20-26)28(22-36-32)24-15-7-2-8-16-24/h1-22H. The van der Waals surface area contributed by atoms with Crippen LogP contribution in [-0.2, 0) is 9.84 Å². The first kappa shape index (κ1) is 23.6. The lowest BCUT2D eigenvalue weighted by Gasteiger charge is -2.12. The van der Waals surface area contributed by atoms with Crippen molar-refractivity contribution in [3.8, 4) is 44.5 Å². The number of hydrogen-bond donors (Lipinski definition) is 0. The van der Waals surface area contributed by atoms with Crippen molar-refractivity contribution in [2.24, 2.45) is 0 Å². The van der Waals surface area contributed by atoms with Gasteiger partial charge in [-0.15, -0.1) is 22.7 Å². The van der Waals surface area contributed by atoms with E-state index in [2.05, 4.69) is 0 Å². The molecule has 0 aliphatic rings. The summed E-state index contributed by atoms with van der Waals surface area (Å²) in [6, 6.07) is 39.6. The first-order valence-electron chi connectivity index (χ1n) is 11.8. The highest BCUT2D eigenvalue weighted by molar-refractivity contribution is 7.95. The topological polar surface area (TPSA) is 34.1 Å². The van der Waals surface area contributed by atoms with Crippen molar-refractivity contribution in [1.82, 2.24) is 0 Å². The molecule has 0 saturated heterocycles. The molecule has 2 heterocycles. The fourth-order valence-electron chi connectivity index (χ4n) is 4.58. The van der Waals surface area contributed by atoms with Gasteiger partial charge in [0.25, 0.3) is 0 Å². The van der Waals surface area contributed by atoms with Crippen LogP contribution in [0.1, 0.15) is 0 Å². The molecular formula is C32H22O2S3. The summed E-state index contributed by atoms with van der Waals surface area (Å²) in [6.45, 7) is 0. The van der Waals surface area contributed by atoms with Crippen molar-refractivity contribution in [2.75, 3.05) is 0 Å². The van der Waals surface area contributed by atoms with Gasteiger partial charge in [0.05, 0.1) is 0 Å². The summed E-state index contributed by atoms with van der Waals surface area (Å²) in [5.74, 6) is 0. The van der Waals surface area contributed by atoms with Crippen LogP contribution in [0.2, 0.25) is 0 Å². The molecule has 0 bridgehead atoms. The number of hydrogen-bond acceptors (Lipinski definition) is 4. The van der Waals surface area contributed by atoms with Gasteiger partial charge in [-0.05, 0) is 22.3 Å². The number of benzene rings is 4. The summed E-state index contributed by atoms with van der Waals surface area (Å²) in [4.78, 5) is 0. The van der Waals surface area contributed by atoms with E-state index in [0.717, 1.165) is 44.5 Å². The maximum Gasteiger partial charge on any atom is 0.226 e. The zero-order valence-corrected chi connectivity index (χ0v) is 22.2. The van der Waals surface area contributed by atoms with Crippen LogP contribution in [0.15, 0.2) is 141 Å². The molecule has 0 spiro atoms. The molecule has 0 aliphatic carbocycles. The lowest BCUT2D eigenvalue weighted by molar-refractivity contribution is 0.600. The van der Waals surface area contributed by atoms with E-state index >= 15 is 0 Å². The molecule has 2 nitrogen and oxygen atoms in total. The summed E-state index contributed by atoms with van der Waals surface area (Å²) in [5, 5.41) is 3.94. The molecule has 0 amide bonds. The smallest absolute Gasteiger partial charge is 0.217 e. The molecule has 6 rings (SSSR count). The zero-order chi connectivity index (χ0) is 25.2. The molecule has 0 fully saturated rings. The molecule has 37 heavy (non-hydrogen) atoms. The molecular weight excluding hydrogens is 513 g/mol. The van der Waals surface area contributed by atoms with Crippen molar-refractivity contribution in [1.29, 1.82) is 0 Å². The second kappa shape index (κ2) is 9.94.